The number of imidazole rings is 1. The average Bonchev–Trinajstić information content (AvgIpc) is 2.87. The van der Waals surface area contributed by atoms with Crippen molar-refractivity contribution in [2.75, 3.05) is 6.61 Å². The maximum absolute atomic E-state index is 12.4. The van der Waals surface area contributed by atoms with Gasteiger partial charge in [-0.25, -0.2) is 4.79 Å². The van der Waals surface area contributed by atoms with Crippen LogP contribution in [-0.2, 0) is 24.9 Å². The number of nitrogens with zero attached hydrogens (tertiary/aromatic N) is 2. The maximum atomic E-state index is 12.4. The normalized spacial score (nSPS) is 10.8. The van der Waals surface area contributed by atoms with Crippen LogP contribution in [0.4, 0.5) is 0 Å². The van der Waals surface area contributed by atoms with Gasteiger partial charge in [-0.1, -0.05) is 30.3 Å². The molecule has 25 heavy (non-hydrogen) atoms. The molecule has 0 aliphatic heterocycles. The zero-order chi connectivity index (χ0) is 17.8. The van der Waals surface area contributed by atoms with Gasteiger partial charge in [0.15, 0.2) is 0 Å². The van der Waals surface area contributed by atoms with Crippen LogP contribution >= 0.6 is 0 Å². The number of benzene rings is 2. The van der Waals surface area contributed by atoms with E-state index in [2.05, 4.69) is 5.32 Å². The molecule has 6 nitrogen and oxygen atoms in total. The molecule has 0 unspecified atom stereocenters. The van der Waals surface area contributed by atoms with Crippen molar-refractivity contribution in [2.24, 2.45) is 7.05 Å². The van der Waals surface area contributed by atoms with Crippen LogP contribution in [-0.4, -0.2) is 21.6 Å². The second kappa shape index (κ2) is 7.25. The second-order valence-electron chi connectivity index (χ2n) is 5.73. The summed E-state index contributed by atoms with van der Waals surface area (Å²) in [6.45, 7) is 2.82. The van der Waals surface area contributed by atoms with Crippen LogP contribution in [0.5, 0.6) is 5.75 Å². The van der Waals surface area contributed by atoms with Gasteiger partial charge in [0.1, 0.15) is 12.3 Å². The van der Waals surface area contributed by atoms with Crippen LogP contribution in [0, 0.1) is 0 Å². The molecule has 0 fully saturated rings. The highest BCUT2D eigenvalue weighted by Crippen LogP contribution is 2.17. The summed E-state index contributed by atoms with van der Waals surface area (Å²) >= 11 is 0. The highest BCUT2D eigenvalue weighted by Gasteiger charge is 2.13. The highest BCUT2D eigenvalue weighted by molar-refractivity contribution is 5.80. The number of carbonyl (C=O) groups excluding carboxylic acids is 1. The monoisotopic (exact) mass is 339 g/mol. The topological polar surface area (TPSA) is 65.3 Å². The van der Waals surface area contributed by atoms with Crippen LogP contribution in [0.3, 0.4) is 0 Å². The van der Waals surface area contributed by atoms with Crippen LogP contribution in [0.15, 0.2) is 53.3 Å². The lowest BCUT2D eigenvalue weighted by molar-refractivity contribution is -0.121. The number of hydrogen-bond acceptors (Lipinski definition) is 3. The molecule has 0 aliphatic rings. The number of ether oxygens (including phenoxy) is 1. The van der Waals surface area contributed by atoms with E-state index < -0.39 is 0 Å². The summed E-state index contributed by atoms with van der Waals surface area (Å²) in [6, 6.07) is 15.0. The van der Waals surface area contributed by atoms with E-state index in [9.17, 15) is 9.59 Å². The highest BCUT2D eigenvalue weighted by atomic mass is 16.5. The molecule has 130 valence electrons. The molecule has 0 saturated carbocycles. The van der Waals surface area contributed by atoms with Crippen LogP contribution < -0.4 is 15.7 Å². The molecule has 0 radical (unpaired) electrons. The third kappa shape index (κ3) is 3.42. The molecule has 6 heteroatoms. The van der Waals surface area contributed by atoms with Gasteiger partial charge in [-0.05, 0) is 25.1 Å². The molecular weight excluding hydrogens is 318 g/mol. The number of para-hydroxylation sites is 3. The van der Waals surface area contributed by atoms with Gasteiger partial charge in [-0.3, -0.25) is 13.9 Å². The summed E-state index contributed by atoms with van der Waals surface area (Å²) in [4.78, 5) is 24.7. The quantitative estimate of drug-likeness (QED) is 0.747. The number of carbonyl (C=O) groups is 1. The maximum Gasteiger partial charge on any atom is 0.329 e. The first-order chi connectivity index (χ1) is 12.1. The smallest absolute Gasteiger partial charge is 0.329 e. The summed E-state index contributed by atoms with van der Waals surface area (Å²) in [6.07, 6.45) is 0. The van der Waals surface area contributed by atoms with E-state index in [4.69, 9.17) is 4.74 Å². The Bertz CT molecular complexity index is 956. The first-order valence-electron chi connectivity index (χ1n) is 8.23. The van der Waals surface area contributed by atoms with Crippen molar-refractivity contribution in [3.05, 3.63) is 64.6 Å². The number of aromatic nitrogens is 2. The zero-order valence-corrected chi connectivity index (χ0v) is 14.4. The first-order valence-corrected chi connectivity index (χ1v) is 8.23. The number of aryl methyl sites for hydroxylation is 1. The Kier molecular flexibility index (Phi) is 4.88. The van der Waals surface area contributed by atoms with Crippen LogP contribution in [0.25, 0.3) is 11.0 Å². The van der Waals surface area contributed by atoms with E-state index >= 15 is 0 Å². The number of fused-ring (bicyclic) bond motifs is 1. The fourth-order valence-corrected chi connectivity index (χ4v) is 2.86. The van der Waals surface area contributed by atoms with Crippen molar-refractivity contribution in [3.8, 4) is 5.75 Å². The summed E-state index contributed by atoms with van der Waals surface area (Å²) < 4.78 is 8.59. The Balaban J connectivity index is 1.74. The van der Waals surface area contributed by atoms with Crippen molar-refractivity contribution in [1.82, 2.24) is 14.5 Å². The van der Waals surface area contributed by atoms with E-state index in [1.54, 1.807) is 11.6 Å². The molecule has 1 N–H and O–H groups in total. The Hall–Kier alpha value is -3.02. The minimum Gasteiger partial charge on any atom is -0.494 e. The predicted molar refractivity (Wildman–Crippen MR) is 96.6 cm³/mol. The Morgan fingerprint density at radius 3 is 2.52 bits per heavy atom. The minimum atomic E-state index is -0.218. The fourth-order valence-electron chi connectivity index (χ4n) is 2.86. The Morgan fingerprint density at radius 2 is 1.76 bits per heavy atom. The molecule has 0 atom stereocenters. The summed E-state index contributed by atoms with van der Waals surface area (Å²) in [5.41, 5.74) is 2.26. The SMILES string of the molecule is CCOc1ccccc1CNC(=O)Cn1c(=O)n(C)c2ccccc21. The van der Waals surface area contributed by atoms with Gasteiger partial charge in [0.2, 0.25) is 5.91 Å². The fraction of sp³-hybridized carbons (Fsp3) is 0.263. The van der Waals surface area contributed by atoms with Crippen molar-refractivity contribution in [2.45, 2.75) is 20.0 Å². The largest absolute Gasteiger partial charge is 0.494 e. The first kappa shape index (κ1) is 16.8. The molecule has 3 aromatic rings. The van der Waals surface area contributed by atoms with E-state index in [1.165, 1.54) is 4.57 Å². The molecule has 0 bridgehead atoms. The van der Waals surface area contributed by atoms with E-state index in [0.717, 1.165) is 22.3 Å². The molecule has 0 aliphatic carbocycles. The third-order valence-corrected chi connectivity index (χ3v) is 4.10. The standard InChI is InChI=1S/C19H21N3O3/c1-3-25-17-11-7-4-8-14(17)12-20-18(23)13-22-16-10-6-5-9-15(16)21(2)19(22)24/h4-11H,3,12-13H2,1-2H3,(H,20,23). The number of rotatable bonds is 6. The molecule has 2 aromatic carbocycles. The predicted octanol–water partition coefficient (Wildman–Crippen LogP) is 2.06. The molecule has 0 saturated heterocycles. The lowest BCUT2D eigenvalue weighted by atomic mass is 10.2. The molecule has 3 rings (SSSR count). The van der Waals surface area contributed by atoms with Gasteiger partial charge in [0.05, 0.1) is 17.6 Å². The molecule has 0 spiro atoms. The summed E-state index contributed by atoms with van der Waals surface area (Å²) in [7, 11) is 1.71. The average molecular weight is 339 g/mol. The number of hydrogen-bond donors (Lipinski definition) is 1. The van der Waals surface area contributed by atoms with Gasteiger partial charge < -0.3 is 10.1 Å². The Morgan fingerprint density at radius 1 is 1.08 bits per heavy atom. The summed E-state index contributed by atoms with van der Waals surface area (Å²) in [5.74, 6) is 0.539. The zero-order valence-electron chi connectivity index (χ0n) is 14.4. The third-order valence-electron chi connectivity index (χ3n) is 4.10. The minimum absolute atomic E-state index is 0.0169. The van der Waals surface area contributed by atoms with Crippen molar-refractivity contribution >= 4 is 16.9 Å². The second-order valence-corrected chi connectivity index (χ2v) is 5.73. The van der Waals surface area contributed by atoms with Crippen molar-refractivity contribution in [1.29, 1.82) is 0 Å². The lowest BCUT2D eigenvalue weighted by Gasteiger charge is -2.11. The van der Waals surface area contributed by atoms with E-state index in [-0.39, 0.29) is 18.1 Å². The molecular formula is C19H21N3O3. The van der Waals surface area contributed by atoms with E-state index in [1.807, 2.05) is 55.5 Å². The number of nitrogens with one attached hydrogen (secondary N) is 1. The molecule has 1 amide bonds. The van der Waals surface area contributed by atoms with E-state index in [0.29, 0.717) is 13.2 Å². The van der Waals surface area contributed by atoms with Crippen molar-refractivity contribution in [3.63, 3.8) is 0 Å². The van der Waals surface area contributed by atoms with Gasteiger partial charge in [-0.15, -0.1) is 0 Å². The van der Waals surface area contributed by atoms with Gasteiger partial charge >= 0.3 is 5.69 Å². The number of amides is 1. The van der Waals surface area contributed by atoms with Gasteiger partial charge in [0, 0.05) is 19.2 Å². The van der Waals surface area contributed by atoms with Gasteiger partial charge in [-0.2, -0.15) is 0 Å². The van der Waals surface area contributed by atoms with Crippen LogP contribution in [0.2, 0.25) is 0 Å². The summed E-state index contributed by atoms with van der Waals surface area (Å²) in [5, 5.41) is 2.86. The Labute approximate surface area is 145 Å². The molecule has 1 heterocycles. The lowest BCUT2D eigenvalue weighted by Crippen LogP contribution is -2.32. The van der Waals surface area contributed by atoms with Gasteiger partial charge in [0.25, 0.3) is 0 Å². The van der Waals surface area contributed by atoms with Crippen LogP contribution in [0.1, 0.15) is 12.5 Å². The molecule has 1 aromatic heterocycles. The van der Waals surface area contributed by atoms with Crippen molar-refractivity contribution < 1.29 is 9.53 Å².